The van der Waals surface area contributed by atoms with Crippen molar-refractivity contribution in [3.63, 3.8) is 0 Å². The minimum absolute atomic E-state index is 0. The molecule has 0 saturated heterocycles. The van der Waals surface area contributed by atoms with E-state index >= 15 is 0 Å². The smallest absolute Gasteiger partial charge is 0.450 e. The van der Waals surface area contributed by atoms with E-state index in [9.17, 15) is 4.79 Å². The Morgan fingerprint density at radius 2 is 1.47 bits per heavy atom. The van der Waals surface area contributed by atoms with Crippen LogP contribution in [-0.2, 0) is 21.8 Å². The third-order valence-electron chi connectivity index (χ3n) is 1.79. The van der Waals surface area contributed by atoms with E-state index in [-0.39, 0.29) is 17.1 Å². The van der Waals surface area contributed by atoms with E-state index in [1.165, 1.54) is 0 Å². The second-order valence-electron chi connectivity index (χ2n) is 3.00. The predicted octanol–water partition coefficient (Wildman–Crippen LogP) is -3.57. The largest absolute Gasteiger partial charge is 0.508 e. The van der Waals surface area contributed by atoms with Gasteiger partial charge in [0.05, 0.1) is 6.61 Å². The first-order chi connectivity index (χ1) is 7.31. The molecule has 0 aliphatic carbocycles. The fraction of sp³-hybridized carbons (Fsp3) is 0.857. The maximum Gasteiger partial charge on any atom is 0.508 e. The summed E-state index contributed by atoms with van der Waals surface area (Å²) in [6, 6.07) is 0. The molecule has 7 N–H and O–H groups in total. The Labute approximate surface area is 106 Å². The zero-order valence-electron chi connectivity index (χ0n) is 8.39. The van der Waals surface area contributed by atoms with Crippen LogP contribution in [0, 0.1) is 0 Å². The van der Waals surface area contributed by atoms with Crippen LogP contribution < -0.4 is 0 Å². The topological polar surface area (TPSA) is 168 Å². The third kappa shape index (κ3) is 6.15. The first kappa shape index (κ1) is 18.9. The molecule has 0 fully saturated rings. The van der Waals surface area contributed by atoms with Gasteiger partial charge in [-0.2, -0.15) is 0 Å². The fourth-order valence-corrected chi connectivity index (χ4v) is 0.879. The summed E-state index contributed by atoms with van der Waals surface area (Å²) in [5.41, 5.74) is 0. The Balaban J connectivity index is 0. The SMILES string of the molecule is O=C(O)OC(O)[C@H](O)[C@@H](O)[C@H](O)[C@H](O)CO.[Fe]. The van der Waals surface area contributed by atoms with E-state index in [2.05, 4.69) is 4.74 Å². The summed E-state index contributed by atoms with van der Waals surface area (Å²) in [4.78, 5) is 9.97. The average molecular weight is 298 g/mol. The molecule has 0 aromatic heterocycles. The molecular weight excluding hydrogens is 284 g/mol. The molecule has 0 aliphatic heterocycles. The molecule has 0 bridgehead atoms. The van der Waals surface area contributed by atoms with Crippen molar-refractivity contribution in [1.82, 2.24) is 0 Å². The maximum absolute atomic E-state index is 9.97. The van der Waals surface area contributed by atoms with Crippen LogP contribution >= 0.6 is 0 Å². The third-order valence-corrected chi connectivity index (χ3v) is 1.79. The molecular formula is C7H14FeO9. The van der Waals surface area contributed by atoms with Gasteiger partial charge in [0.25, 0.3) is 0 Å². The van der Waals surface area contributed by atoms with Gasteiger partial charge in [-0.05, 0) is 0 Å². The van der Waals surface area contributed by atoms with Gasteiger partial charge >= 0.3 is 6.16 Å². The molecule has 0 saturated carbocycles. The minimum atomic E-state index is -2.28. The van der Waals surface area contributed by atoms with Crippen molar-refractivity contribution in [2.24, 2.45) is 0 Å². The molecule has 1 unspecified atom stereocenters. The van der Waals surface area contributed by atoms with E-state index in [1.54, 1.807) is 0 Å². The Morgan fingerprint density at radius 3 is 1.82 bits per heavy atom. The Bertz CT molecular complexity index is 225. The zero-order chi connectivity index (χ0) is 12.9. The summed E-state index contributed by atoms with van der Waals surface area (Å²) < 4.78 is 3.70. The predicted molar refractivity (Wildman–Crippen MR) is 46.2 cm³/mol. The van der Waals surface area contributed by atoms with Crippen molar-refractivity contribution in [3.05, 3.63) is 0 Å². The average Bonchev–Trinajstić information content (AvgIpc) is 2.23. The minimum Gasteiger partial charge on any atom is -0.450 e. The number of hydrogen-bond acceptors (Lipinski definition) is 8. The summed E-state index contributed by atoms with van der Waals surface area (Å²) >= 11 is 0. The summed E-state index contributed by atoms with van der Waals surface area (Å²) in [7, 11) is 0. The van der Waals surface area contributed by atoms with Crippen molar-refractivity contribution < 1.29 is 62.3 Å². The van der Waals surface area contributed by atoms with Crippen molar-refractivity contribution in [2.75, 3.05) is 6.61 Å². The summed E-state index contributed by atoms with van der Waals surface area (Å²) in [6.45, 7) is -0.888. The van der Waals surface area contributed by atoms with Crippen LogP contribution in [0.4, 0.5) is 4.79 Å². The van der Waals surface area contributed by atoms with Crippen molar-refractivity contribution in [2.45, 2.75) is 30.7 Å². The van der Waals surface area contributed by atoms with Gasteiger partial charge in [-0.1, -0.05) is 0 Å². The summed E-state index contributed by atoms with van der Waals surface area (Å²) in [5, 5.41) is 61.7. The molecule has 104 valence electrons. The molecule has 0 aromatic rings. The Hall–Kier alpha value is -0.451. The van der Waals surface area contributed by atoms with Crippen LogP contribution in [0.15, 0.2) is 0 Å². The molecule has 9 nitrogen and oxygen atoms in total. The number of rotatable bonds is 6. The van der Waals surface area contributed by atoms with Crippen molar-refractivity contribution in [1.29, 1.82) is 0 Å². The maximum atomic E-state index is 9.97. The van der Waals surface area contributed by atoms with Gasteiger partial charge in [0.1, 0.15) is 24.4 Å². The molecule has 0 heterocycles. The van der Waals surface area contributed by atoms with Crippen LogP contribution in [0.25, 0.3) is 0 Å². The quantitative estimate of drug-likeness (QED) is 0.149. The van der Waals surface area contributed by atoms with E-state index in [0.29, 0.717) is 0 Å². The molecule has 0 aromatic carbocycles. The van der Waals surface area contributed by atoms with Crippen molar-refractivity contribution >= 4 is 6.16 Å². The van der Waals surface area contributed by atoms with Gasteiger partial charge in [0, 0.05) is 17.1 Å². The normalized spacial score (nSPS) is 19.4. The molecule has 0 aliphatic rings. The van der Waals surface area contributed by atoms with Crippen LogP contribution in [-0.4, -0.2) is 79.2 Å². The summed E-state index contributed by atoms with van der Waals surface area (Å²) in [5.74, 6) is 0. The number of carboxylic acid groups (broad SMARTS) is 1. The standard InChI is InChI=1S/C7H14O9.Fe/c8-1-2(9)3(10)4(11)5(12)6(13)16-7(14)15;/h2-6,8-13H,1H2,(H,14,15);/t2-,3-,4+,5-,6?;/m1./s1. The van der Waals surface area contributed by atoms with E-state index in [0.717, 1.165) is 0 Å². The van der Waals surface area contributed by atoms with Gasteiger partial charge in [-0.3, -0.25) is 0 Å². The molecule has 0 radical (unpaired) electrons. The van der Waals surface area contributed by atoms with Crippen LogP contribution in [0.1, 0.15) is 0 Å². The summed E-state index contributed by atoms with van der Waals surface area (Å²) in [6.07, 6.45) is -12.1. The van der Waals surface area contributed by atoms with Gasteiger partial charge in [-0.15, -0.1) is 0 Å². The fourth-order valence-electron chi connectivity index (χ4n) is 0.879. The second-order valence-corrected chi connectivity index (χ2v) is 3.00. The number of carbonyl (C=O) groups is 1. The van der Waals surface area contributed by atoms with E-state index in [1.807, 2.05) is 0 Å². The van der Waals surface area contributed by atoms with Crippen molar-refractivity contribution in [3.8, 4) is 0 Å². The van der Waals surface area contributed by atoms with E-state index < -0.39 is 43.5 Å². The van der Waals surface area contributed by atoms with Crippen LogP contribution in [0.5, 0.6) is 0 Å². The Morgan fingerprint density at radius 1 is 1.00 bits per heavy atom. The zero-order valence-corrected chi connectivity index (χ0v) is 9.50. The number of aliphatic hydroxyl groups excluding tert-OH is 6. The molecule has 0 rings (SSSR count). The molecule has 5 atom stereocenters. The van der Waals surface area contributed by atoms with Crippen LogP contribution in [0.2, 0.25) is 0 Å². The number of ether oxygens (including phenoxy) is 1. The van der Waals surface area contributed by atoms with Crippen LogP contribution in [0.3, 0.4) is 0 Å². The second kappa shape index (κ2) is 8.61. The van der Waals surface area contributed by atoms with E-state index in [4.69, 9.17) is 35.7 Å². The number of aliphatic hydroxyl groups is 6. The molecule has 0 amide bonds. The first-order valence-corrected chi connectivity index (χ1v) is 4.22. The van der Waals surface area contributed by atoms with Gasteiger partial charge in [0.2, 0.25) is 6.29 Å². The van der Waals surface area contributed by atoms with Gasteiger partial charge < -0.3 is 40.5 Å². The molecule has 17 heavy (non-hydrogen) atoms. The Kier molecular flexibility index (Phi) is 9.58. The van der Waals surface area contributed by atoms with Gasteiger partial charge in [0.15, 0.2) is 0 Å². The first-order valence-electron chi connectivity index (χ1n) is 4.22. The molecule has 10 heteroatoms. The molecule has 0 spiro atoms. The van der Waals surface area contributed by atoms with Gasteiger partial charge in [-0.25, -0.2) is 4.79 Å². The number of hydrogen-bond donors (Lipinski definition) is 7. The monoisotopic (exact) mass is 298 g/mol.